The number of nitrogens with one attached hydrogen (secondary N) is 5. The number of amides is 5. The molecule has 10 N–H and O–H groups in total. The predicted octanol–water partition coefficient (Wildman–Crippen LogP) is 16.0. The Kier molecular flexibility index (Phi) is 25.2. The summed E-state index contributed by atoms with van der Waals surface area (Å²) >= 11 is 60.5. The molecule has 0 bridgehead atoms. The molecule has 7 aromatic carbocycles. The van der Waals surface area contributed by atoms with E-state index < -0.39 is 119 Å². The van der Waals surface area contributed by atoms with Gasteiger partial charge in [-0.15, -0.1) is 0 Å². The molecular weight excluding hydrogens is 1670 g/mol. The van der Waals surface area contributed by atoms with Crippen molar-refractivity contribution in [2.75, 3.05) is 26.6 Å². The first kappa shape index (κ1) is 84.2. The SMILES string of the molecule is Cc1ccc(C(=O)CC2(O)C(=O)Nc3c(Cl)ccc(Cl)c32)cc1.Cc1ccc(C(=O)CC2(O)C(=O)Nc3c(Cl)ccc(Cl)c32)cc1F.O=C(CC1(O)C(=O)Nc2c(Cl)ccc(Cl)c21)c1ccccn1.O=C(CC1(O)C(=O)Nc2c(Cl)ccc(Cl)c21)c1cccnc1.O=C(CC1(O)C(=O)Nc2c(Cl)ccc(Cl)c21)c1ccncc1. The van der Waals surface area contributed by atoms with Crippen LogP contribution >= 0.6 is 116 Å². The minimum absolute atomic E-state index is 0.0580. The summed E-state index contributed by atoms with van der Waals surface area (Å²) in [6.07, 6.45) is 4.95. The predicted molar refractivity (Wildman–Crippen MR) is 425 cm³/mol. The molecule has 5 unspecified atom stereocenters. The number of aryl methyl sites for hydroxylation is 2. The van der Waals surface area contributed by atoms with Gasteiger partial charge in [0.2, 0.25) is 0 Å². The molecule has 34 heteroatoms. The molecule has 0 fully saturated rings. The Labute approximate surface area is 690 Å². The fraction of sp³-hybridized carbons (Fsp3) is 0.152. The van der Waals surface area contributed by atoms with Crippen LogP contribution in [0.1, 0.15) is 123 Å². The van der Waals surface area contributed by atoms with Crippen LogP contribution in [0.2, 0.25) is 50.2 Å². The number of aromatic nitrogens is 3. The number of nitrogens with zero attached hydrogens (tertiary/aromatic N) is 3. The summed E-state index contributed by atoms with van der Waals surface area (Å²) in [6, 6.07) is 36.8. The second kappa shape index (κ2) is 33.8. The molecule has 0 spiro atoms. The highest BCUT2D eigenvalue weighted by Crippen LogP contribution is 2.52. The lowest BCUT2D eigenvalue weighted by Gasteiger charge is -2.21. The number of aliphatic hydroxyl groups is 5. The number of ketones is 5. The maximum absolute atomic E-state index is 13.6. The second-order valence-electron chi connectivity index (χ2n) is 26.0. The minimum Gasteiger partial charge on any atom is -0.375 e. The summed E-state index contributed by atoms with van der Waals surface area (Å²) in [6.45, 7) is 3.48. The summed E-state index contributed by atoms with van der Waals surface area (Å²) in [4.78, 5) is 134. The third-order valence-electron chi connectivity index (χ3n) is 18.5. The van der Waals surface area contributed by atoms with Crippen LogP contribution in [-0.4, -0.2) is 98.9 Å². The van der Waals surface area contributed by atoms with Gasteiger partial charge in [0.1, 0.15) is 11.5 Å². The van der Waals surface area contributed by atoms with Crippen molar-refractivity contribution in [2.24, 2.45) is 0 Å². The zero-order valence-corrected chi connectivity index (χ0v) is 65.7. The van der Waals surface area contributed by atoms with Gasteiger partial charge in [-0.3, -0.25) is 62.9 Å². The van der Waals surface area contributed by atoms with Crippen LogP contribution in [0.15, 0.2) is 177 Å². The van der Waals surface area contributed by atoms with Gasteiger partial charge in [-0.25, -0.2) is 4.39 Å². The first-order chi connectivity index (χ1) is 53.4. The number of anilines is 5. The summed E-state index contributed by atoms with van der Waals surface area (Å²) in [5.74, 6) is -6.46. The standard InChI is InChI=1S/C17H12Cl2FNO3.C17H13Cl2NO3.3C15H10Cl2N2O3/c1-8-2-3-9(6-12(8)20)13(22)7-17(24)14-10(18)4-5-11(19)15(14)21-16(17)23;1-9-2-4-10(5-3-9)13(21)8-17(23)14-11(18)6-7-12(19)15(14)20-16(17)22;16-9-1-2-10(17)13-12(9)15(22,14(21)19-13)7-11(20)8-3-5-18-6-4-8;16-9-3-4-10(17)13-12(9)15(22,14(21)19-13)6-11(20)8-2-1-5-18-7-8;16-8-4-5-9(17)13-12(8)15(22,14(21)19-13)7-11(20)10-3-1-2-6-18-10/h2-6,24H,7H2,1H3,(H,21,23);2-7,23H,8H2,1H3,(H,20,22);1-6,22H,7H2,(H,19,21);1-5,7,22H,6H2,(H,19,21);1-6,22H,7H2,(H,19,21). The van der Waals surface area contributed by atoms with Crippen molar-refractivity contribution < 1.29 is 77.9 Å². The van der Waals surface area contributed by atoms with Gasteiger partial charge in [-0.1, -0.05) is 164 Å². The first-order valence-corrected chi connectivity index (χ1v) is 37.0. The fourth-order valence-corrected chi connectivity index (χ4v) is 15.2. The molecule has 3 aromatic heterocycles. The zero-order valence-electron chi connectivity index (χ0n) is 58.1. The largest absolute Gasteiger partial charge is 0.375 e. The molecule has 0 saturated carbocycles. The van der Waals surface area contributed by atoms with E-state index in [4.69, 9.17) is 116 Å². The van der Waals surface area contributed by atoms with Crippen LogP contribution in [0.4, 0.5) is 32.8 Å². The number of Topliss-reactive ketones (excluding diaryl/α,β-unsaturated/α-hetero) is 5. The Balaban J connectivity index is 0.000000140. The minimum atomic E-state index is -2.16. The number of pyridine rings is 3. The quantitative estimate of drug-likeness (QED) is 0.0426. The van der Waals surface area contributed by atoms with E-state index in [1.807, 2.05) is 6.92 Å². The molecule has 5 atom stereocenters. The van der Waals surface area contributed by atoms with E-state index in [-0.39, 0.29) is 124 Å². The third kappa shape index (κ3) is 16.8. The number of halogens is 11. The first-order valence-electron chi connectivity index (χ1n) is 33.2. The van der Waals surface area contributed by atoms with Crippen LogP contribution < -0.4 is 26.6 Å². The molecule has 10 aromatic rings. The topological polar surface area (TPSA) is 371 Å². The van der Waals surface area contributed by atoms with Crippen molar-refractivity contribution >= 4 is 203 Å². The van der Waals surface area contributed by atoms with E-state index in [1.165, 1.54) is 122 Å². The van der Waals surface area contributed by atoms with Crippen molar-refractivity contribution in [3.8, 4) is 0 Å². The van der Waals surface area contributed by atoms with Crippen molar-refractivity contribution in [1.29, 1.82) is 0 Å². The van der Waals surface area contributed by atoms with Crippen LogP contribution in [0.5, 0.6) is 0 Å². The van der Waals surface area contributed by atoms with E-state index >= 15 is 0 Å². The van der Waals surface area contributed by atoms with E-state index in [0.29, 0.717) is 22.3 Å². The molecule has 0 radical (unpaired) electrons. The van der Waals surface area contributed by atoms with Crippen molar-refractivity contribution in [1.82, 2.24) is 15.0 Å². The van der Waals surface area contributed by atoms with Gasteiger partial charge in [-0.2, -0.15) is 0 Å². The Morgan fingerprint density at radius 2 is 0.646 bits per heavy atom. The van der Waals surface area contributed by atoms with E-state index in [9.17, 15) is 77.9 Å². The lowest BCUT2D eigenvalue weighted by atomic mass is 9.88. The van der Waals surface area contributed by atoms with Gasteiger partial charge in [-0.05, 0) is 123 Å². The van der Waals surface area contributed by atoms with E-state index in [1.54, 1.807) is 55.5 Å². The summed E-state index contributed by atoms with van der Waals surface area (Å²) < 4.78 is 13.6. The van der Waals surface area contributed by atoms with Crippen LogP contribution in [0, 0.1) is 19.7 Å². The number of hydrogen-bond donors (Lipinski definition) is 10. The maximum atomic E-state index is 13.6. The Morgan fingerprint density at radius 1 is 0.336 bits per heavy atom. The van der Waals surface area contributed by atoms with Crippen molar-refractivity contribution in [3.63, 3.8) is 0 Å². The number of hydrogen-bond acceptors (Lipinski definition) is 18. The molecule has 0 saturated heterocycles. The van der Waals surface area contributed by atoms with E-state index in [0.717, 1.165) is 11.6 Å². The molecule has 15 rings (SSSR count). The average molecular weight is 1730 g/mol. The van der Waals surface area contributed by atoms with Crippen molar-refractivity contribution in [2.45, 2.75) is 74.0 Å². The second-order valence-corrected chi connectivity index (χ2v) is 30.1. The number of benzene rings is 7. The van der Waals surface area contributed by atoms with Crippen LogP contribution in [0.25, 0.3) is 0 Å². The van der Waals surface area contributed by atoms with Gasteiger partial charge in [0, 0.05) is 106 Å². The number of carbonyl (C=O) groups excluding carboxylic acids is 10. The molecule has 578 valence electrons. The third-order valence-corrected chi connectivity index (χ3v) is 21.7. The molecular formula is C79H55Cl10FN8O15. The molecule has 5 aliphatic heterocycles. The van der Waals surface area contributed by atoms with Gasteiger partial charge in [0.05, 0.1) is 85.7 Å². The van der Waals surface area contributed by atoms with Crippen molar-refractivity contribution in [3.05, 3.63) is 300 Å². The number of carbonyl (C=O) groups is 10. The highest BCUT2D eigenvalue weighted by molar-refractivity contribution is 6.42. The van der Waals surface area contributed by atoms with Crippen LogP contribution in [-0.2, 0) is 52.0 Å². The molecule has 5 amide bonds. The van der Waals surface area contributed by atoms with Gasteiger partial charge < -0.3 is 52.1 Å². The zero-order chi connectivity index (χ0) is 82.1. The maximum Gasteiger partial charge on any atom is 0.261 e. The molecule has 113 heavy (non-hydrogen) atoms. The highest BCUT2D eigenvalue weighted by Gasteiger charge is 2.54. The Bertz CT molecular complexity index is 5310. The summed E-state index contributed by atoms with van der Waals surface area (Å²) in [5, 5.41) is 68.3. The van der Waals surface area contributed by atoms with E-state index in [2.05, 4.69) is 41.5 Å². The number of rotatable bonds is 15. The van der Waals surface area contributed by atoms with Gasteiger partial charge >= 0.3 is 0 Å². The van der Waals surface area contributed by atoms with Gasteiger partial charge in [0.15, 0.2) is 56.9 Å². The smallest absolute Gasteiger partial charge is 0.261 e. The average Bonchev–Trinajstić information content (AvgIpc) is 1.63. The Hall–Kier alpha value is -9.68. The number of fused-ring (bicyclic) bond motifs is 5. The van der Waals surface area contributed by atoms with Gasteiger partial charge in [0.25, 0.3) is 29.5 Å². The fourth-order valence-electron chi connectivity index (χ4n) is 12.6. The summed E-state index contributed by atoms with van der Waals surface area (Å²) in [7, 11) is 0. The summed E-state index contributed by atoms with van der Waals surface area (Å²) in [5.41, 5.74) is -5.91. The molecule has 23 nitrogen and oxygen atoms in total. The molecule has 5 aliphatic rings. The highest BCUT2D eigenvalue weighted by atomic mass is 35.5. The molecule has 0 aliphatic carbocycles. The lowest BCUT2D eigenvalue weighted by Crippen LogP contribution is -2.36. The Morgan fingerprint density at radius 3 is 0.965 bits per heavy atom. The monoisotopic (exact) mass is 1720 g/mol. The molecule has 8 heterocycles. The van der Waals surface area contributed by atoms with Crippen LogP contribution in [0.3, 0.4) is 0 Å². The normalized spacial score (nSPS) is 19.5. The lowest BCUT2D eigenvalue weighted by molar-refractivity contribution is -0.133.